The van der Waals surface area contributed by atoms with Gasteiger partial charge in [-0.25, -0.2) is 4.39 Å². The van der Waals surface area contributed by atoms with E-state index in [4.69, 9.17) is 5.73 Å². The van der Waals surface area contributed by atoms with Crippen LogP contribution in [0.2, 0.25) is 0 Å². The molecule has 1 aromatic carbocycles. The molecule has 3 fully saturated rings. The van der Waals surface area contributed by atoms with Crippen LogP contribution < -0.4 is 11.1 Å². The maximum Gasteiger partial charge on any atom is 0.253 e. The second-order valence-corrected chi connectivity index (χ2v) is 5.42. The van der Waals surface area contributed by atoms with E-state index in [0.29, 0.717) is 5.92 Å². The molecule has 3 heterocycles. The maximum absolute atomic E-state index is 13.4. The Hall–Kier alpha value is -1.62. The second-order valence-electron chi connectivity index (χ2n) is 5.42. The van der Waals surface area contributed by atoms with Gasteiger partial charge in [0.05, 0.1) is 11.3 Å². The minimum atomic E-state index is -0.540. The van der Waals surface area contributed by atoms with Crippen molar-refractivity contribution in [2.75, 3.05) is 25.4 Å². The average Bonchev–Trinajstić information content (AvgIpc) is 2.43. The molecular formula is C14H18FN3O. The number of nitrogen functional groups attached to an aromatic ring is 1. The number of carbonyl (C=O) groups excluding carboxylic acids is 1. The molecule has 0 spiro atoms. The van der Waals surface area contributed by atoms with Crippen LogP contribution in [0.25, 0.3) is 0 Å². The van der Waals surface area contributed by atoms with Gasteiger partial charge in [0.15, 0.2) is 0 Å². The normalized spacial score (nSPS) is 29.2. The first-order chi connectivity index (χ1) is 9.15. The summed E-state index contributed by atoms with van der Waals surface area (Å²) < 4.78 is 13.4. The van der Waals surface area contributed by atoms with E-state index in [9.17, 15) is 9.18 Å². The Kier molecular flexibility index (Phi) is 3.14. The van der Waals surface area contributed by atoms with Gasteiger partial charge in [-0.15, -0.1) is 0 Å². The molecule has 3 aliphatic rings. The molecule has 0 aromatic heterocycles. The molecule has 4 nitrogen and oxygen atoms in total. The number of anilines is 1. The molecule has 3 aliphatic heterocycles. The molecule has 3 N–H and O–H groups in total. The number of para-hydroxylation sites is 1. The van der Waals surface area contributed by atoms with E-state index in [1.165, 1.54) is 12.1 Å². The molecule has 19 heavy (non-hydrogen) atoms. The predicted octanol–water partition coefficient (Wildman–Crippen LogP) is 1.23. The van der Waals surface area contributed by atoms with Crippen molar-refractivity contribution in [2.24, 2.45) is 5.92 Å². The summed E-state index contributed by atoms with van der Waals surface area (Å²) >= 11 is 0. The van der Waals surface area contributed by atoms with E-state index in [2.05, 4.69) is 10.2 Å². The van der Waals surface area contributed by atoms with Crippen LogP contribution in [0.5, 0.6) is 0 Å². The van der Waals surface area contributed by atoms with E-state index < -0.39 is 5.82 Å². The zero-order chi connectivity index (χ0) is 13.4. The summed E-state index contributed by atoms with van der Waals surface area (Å²) in [5, 5.41) is 3.01. The van der Waals surface area contributed by atoms with Crippen LogP contribution in [0.1, 0.15) is 23.2 Å². The third-order valence-corrected chi connectivity index (χ3v) is 4.27. The van der Waals surface area contributed by atoms with Crippen LogP contribution in [-0.2, 0) is 0 Å². The molecule has 2 bridgehead atoms. The summed E-state index contributed by atoms with van der Waals surface area (Å²) in [4.78, 5) is 14.5. The Balaban J connectivity index is 1.73. The lowest BCUT2D eigenvalue weighted by atomic mass is 9.84. The third kappa shape index (κ3) is 2.30. The third-order valence-electron chi connectivity index (χ3n) is 4.27. The molecule has 1 aromatic rings. The number of nitrogens with two attached hydrogens (primary N) is 1. The van der Waals surface area contributed by atoms with Gasteiger partial charge >= 0.3 is 0 Å². The first-order valence-electron chi connectivity index (χ1n) is 6.72. The van der Waals surface area contributed by atoms with Gasteiger partial charge in [-0.05, 0) is 44.0 Å². The predicted molar refractivity (Wildman–Crippen MR) is 71.2 cm³/mol. The molecule has 102 valence electrons. The molecule has 1 unspecified atom stereocenters. The first kappa shape index (κ1) is 12.4. The highest BCUT2D eigenvalue weighted by Crippen LogP contribution is 2.28. The summed E-state index contributed by atoms with van der Waals surface area (Å²) in [5.41, 5.74) is 5.78. The molecule has 5 heteroatoms. The summed E-state index contributed by atoms with van der Waals surface area (Å²) in [6.07, 6.45) is 2.26. The van der Waals surface area contributed by atoms with E-state index in [-0.39, 0.29) is 23.2 Å². The van der Waals surface area contributed by atoms with Crippen LogP contribution in [0.3, 0.4) is 0 Å². The number of hydrogen-bond acceptors (Lipinski definition) is 3. The van der Waals surface area contributed by atoms with E-state index in [1.807, 2.05) is 0 Å². The zero-order valence-corrected chi connectivity index (χ0v) is 10.7. The van der Waals surface area contributed by atoms with E-state index in [1.54, 1.807) is 6.07 Å². The highest BCUT2D eigenvalue weighted by molar-refractivity contribution is 5.99. The van der Waals surface area contributed by atoms with E-state index in [0.717, 1.165) is 32.5 Å². The molecular weight excluding hydrogens is 245 g/mol. The Morgan fingerprint density at radius 3 is 2.74 bits per heavy atom. The Bertz CT molecular complexity index is 497. The fourth-order valence-electron chi connectivity index (χ4n) is 3.11. The van der Waals surface area contributed by atoms with Gasteiger partial charge in [0.1, 0.15) is 5.82 Å². The van der Waals surface area contributed by atoms with Crippen LogP contribution in [-0.4, -0.2) is 36.5 Å². The largest absolute Gasteiger partial charge is 0.396 e. The van der Waals surface area contributed by atoms with Crippen LogP contribution in [0.4, 0.5) is 10.1 Å². The number of carbonyl (C=O) groups is 1. The van der Waals surface area contributed by atoms with Gasteiger partial charge in [-0.3, -0.25) is 4.79 Å². The molecule has 4 rings (SSSR count). The van der Waals surface area contributed by atoms with Gasteiger partial charge in [0.25, 0.3) is 5.91 Å². The SMILES string of the molecule is Nc1c(F)cccc1C(=O)NC1CN2CCC1CC2. The lowest BCUT2D eigenvalue weighted by molar-refractivity contribution is 0.0621. The fourth-order valence-corrected chi connectivity index (χ4v) is 3.11. The number of rotatable bonds is 2. The van der Waals surface area contributed by atoms with Crippen molar-refractivity contribution in [3.63, 3.8) is 0 Å². The van der Waals surface area contributed by atoms with Gasteiger partial charge in [-0.2, -0.15) is 0 Å². The number of fused-ring (bicyclic) bond motifs is 3. The van der Waals surface area contributed by atoms with E-state index >= 15 is 0 Å². The Morgan fingerprint density at radius 1 is 1.37 bits per heavy atom. The summed E-state index contributed by atoms with van der Waals surface area (Å²) in [6.45, 7) is 3.14. The fraction of sp³-hybridized carbons (Fsp3) is 0.500. The Morgan fingerprint density at radius 2 is 2.11 bits per heavy atom. The van der Waals surface area contributed by atoms with Crippen molar-refractivity contribution in [2.45, 2.75) is 18.9 Å². The number of halogens is 1. The lowest BCUT2D eigenvalue weighted by Crippen LogP contribution is -2.57. The van der Waals surface area contributed by atoms with Crippen molar-refractivity contribution in [3.05, 3.63) is 29.6 Å². The zero-order valence-electron chi connectivity index (χ0n) is 10.7. The lowest BCUT2D eigenvalue weighted by Gasteiger charge is -2.44. The van der Waals surface area contributed by atoms with Gasteiger partial charge in [0, 0.05) is 12.6 Å². The number of nitrogens with one attached hydrogen (secondary N) is 1. The smallest absolute Gasteiger partial charge is 0.253 e. The van der Waals surface area contributed by atoms with Crippen LogP contribution in [0, 0.1) is 11.7 Å². The van der Waals surface area contributed by atoms with Crippen molar-refractivity contribution in [1.82, 2.24) is 10.2 Å². The monoisotopic (exact) mass is 263 g/mol. The molecule has 0 saturated carbocycles. The van der Waals surface area contributed by atoms with Crippen LogP contribution >= 0.6 is 0 Å². The van der Waals surface area contributed by atoms with Gasteiger partial charge < -0.3 is 16.0 Å². The van der Waals surface area contributed by atoms with Gasteiger partial charge in [0.2, 0.25) is 0 Å². The number of hydrogen-bond donors (Lipinski definition) is 2. The van der Waals surface area contributed by atoms with Crippen LogP contribution in [0.15, 0.2) is 18.2 Å². The standard InChI is InChI=1S/C14H18FN3O/c15-11-3-1-2-10(13(11)16)14(19)17-12-8-18-6-4-9(12)5-7-18/h1-3,9,12H,4-8,16H2,(H,17,19). The van der Waals surface area contributed by atoms with Gasteiger partial charge in [-0.1, -0.05) is 6.07 Å². The van der Waals surface area contributed by atoms with Crippen molar-refractivity contribution in [1.29, 1.82) is 0 Å². The van der Waals surface area contributed by atoms with Crippen molar-refractivity contribution >= 4 is 11.6 Å². The highest BCUT2D eigenvalue weighted by atomic mass is 19.1. The highest BCUT2D eigenvalue weighted by Gasteiger charge is 2.35. The molecule has 0 aliphatic carbocycles. The molecule has 3 saturated heterocycles. The maximum atomic E-state index is 13.4. The van der Waals surface area contributed by atoms with Crippen molar-refractivity contribution < 1.29 is 9.18 Å². The number of nitrogens with zero attached hydrogens (tertiary/aromatic N) is 1. The molecule has 0 radical (unpaired) electrons. The molecule has 1 amide bonds. The minimum absolute atomic E-state index is 0.0683. The summed E-state index contributed by atoms with van der Waals surface area (Å²) in [7, 11) is 0. The quantitative estimate of drug-likeness (QED) is 0.789. The molecule has 1 atom stereocenters. The average molecular weight is 263 g/mol. The number of benzene rings is 1. The summed E-state index contributed by atoms with van der Waals surface area (Å²) in [5.74, 6) is -0.263. The van der Waals surface area contributed by atoms with Crippen molar-refractivity contribution in [3.8, 4) is 0 Å². The second kappa shape index (κ2) is 4.81. The minimum Gasteiger partial charge on any atom is -0.396 e. The topological polar surface area (TPSA) is 58.4 Å². The Labute approximate surface area is 111 Å². The summed E-state index contributed by atoms with van der Waals surface area (Å²) in [6, 6.07) is 4.50. The number of piperidine rings is 3. The number of amides is 1. The first-order valence-corrected chi connectivity index (χ1v) is 6.72.